The molecule has 0 aromatic rings. The molecule has 0 saturated heterocycles. The topological polar surface area (TPSA) is 55.4 Å². The van der Waals surface area contributed by atoms with E-state index in [4.69, 9.17) is 25.6 Å². The standard InChI is InChI=1S/C16H48O6Si7/c1-24(2,3)20-27(10,11)17-16(23,18-28(12,13)21-25(4,5)6)19-29(14,15)22-26(7,8)9/h1-15,23H3. The molecule has 0 aliphatic carbocycles. The molecule has 0 aromatic heterocycles. The average molecular weight is 533 g/mol. The number of hydrogen-bond acceptors (Lipinski definition) is 6. The molecule has 6 nitrogen and oxygen atoms in total. The summed E-state index contributed by atoms with van der Waals surface area (Å²) in [5.74, 6) is 0. The molecule has 29 heavy (non-hydrogen) atoms. The van der Waals surface area contributed by atoms with E-state index >= 15 is 0 Å². The minimum absolute atomic E-state index is 0.529. The first-order valence-corrected chi connectivity index (χ1v) is 30.1. The van der Waals surface area contributed by atoms with E-state index in [1.165, 1.54) is 0 Å². The van der Waals surface area contributed by atoms with Crippen LogP contribution < -0.4 is 0 Å². The summed E-state index contributed by atoms with van der Waals surface area (Å²) in [6.07, 6.45) is 0. The summed E-state index contributed by atoms with van der Waals surface area (Å²) >= 11 is 0. The van der Waals surface area contributed by atoms with Crippen molar-refractivity contribution in [1.82, 2.24) is 0 Å². The maximum atomic E-state index is 6.61. The van der Waals surface area contributed by atoms with Crippen molar-refractivity contribution in [3.8, 4) is 0 Å². The van der Waals surface area contributed by atoms with Crippen LogP contribution in [0.25, 0.3) is 0 Å². The van der Waals surface area contributed by atoms with Crippen LogP contribution >= 0.6 is 0 Å². The highest BCUT2D eigenvalue weighted by molar-refractivity contribution is 6.83. The zero-order chi connectivity index (χ0) is 23.7. The van der Waals surface area contributed by atoms with Gasteiger partial charge in [-0.3, -0.25) is 0 Å². The van der Waals surface area contributed by atoms with Gasteiger partial charge in [-0.2, -0.15) is 0 Å². The third-order valence-electron chi connectivity index (χ3n) is 2.95. The summed E-state index contributed by atoms with van der Waals surface area (Å²) in [6, 6.07) is 0. The Morgan fingerprint density at radius 3 is 0.724 bits per heavy atom. The fraction of sp³-hybridized carbons (Fsp3) is 1.00. The lowest BCUT2D eigenvalue weighted by molar-refractivity contribution is -0.218. The summed E-state index contributed by atoms with van der Waals surface area (Å²) in [6.45, 7) is 32.1. The fourth-order valence-electron chi connectivity index (χ4n) is 3.68. The molecule has 0 atom stereocenters. The largest absolute Gasteiger partial charge is 0.436 e. The van der Waals surface area contributed by atoms with Crippen molar-refractivity contribution in [1.29, 1.82) is 0 Å². The van der Waals surface area contributed by atoms with Crippen molar-refractivity contribution >= 4 is 60.9 Å². The second-order valence-corrected chi connectivity index (χ2v) is 37.4. The first-order chi connectivity index (χ1) is 12.2. The van der Waals surface area contributed by atoms with E-state index in [2.05, 4.69) is 98.2 Å². The quantitative estimate of drug-likeness (QED) is 0.269. The molecule has 0 aliphatic rings. The zero-order valence-electron chi connectivity index (χ0n) is 21.9. The highest BCUT2D eigenvalue weighted by Gasteiger charge is 2.49. The monoisotopic (exact) mass is 532 g/mol. The van der Waals surface area contributed by atoms with E-state index in [-0.39, 0.29) is 0 Å². The van der Waals surface area contributed by atoms with Crippen molar-refractivity contribution in [2.75, 3.05) is 0 Å². The van der Waals surface area contributed by atoms with Crippen LogP contribution in [0, 0.1) is 0 Å². The first-order valence-electron chi connectivity index (χ1n) is 10.4. The molecule has 0 bridgehead atoms. The van der Waals surface area contributed by atoms with Gasteiger partial charge in [0.05, 0.1) is 0 Å². The van der Waals surface area contributed by atoms with Crippen LogP contribution in [0.3, 0.4) is 0 Å². The second kappa shape index (κ2) is 9.64. The van der Waals surface area contributed by atoms with Crippen LogP contribution in [0.1, 0.15) is 0 Å². The Morgan fingerprint density at radius 1 is 0.414 bits per heavy atom. The molecule has 0 N–H and O–H groups in total. The normalized spacial score (nSPS) is 15.8. The van der Waals surface area contributed by atoms with Crippen molar-refractivity contribution in [3.05, 3.63) is 0 Å². The first kappa shape index (κ1) is 30.3. The summed E-state index contributed by atoms with van der Waals surface area (Å²) in [5.41, 5.74) is -1.12. The molecule has 0 unspecified atom stereocenters. The van der Waals surface area contributed by atoms with Gasteiger partial charge in [0.2, 0.25) is 5.60 Å². The Balaban J connectivity index is 5.85. The van der Waals surface area contributed by atoms with Crippen molar-refractivity contribution in [2.45, 2.75) is 104 Å². The fourth-order valence-corrected chi connectivity index (χ4v) is 29.5. The van der Waals surface area contributed by atoms with Gasteiger partial charge < -0.3 is 25.6 Å². The molecule has 176 valence electrons. The van der Waals surface area contributed by atoms with Crippen LogP contribution in [0.2, 0.25) is 98.2 Å². The van der Waals surface area contributed by atoms with Crippen LogP contribution in [-0.4, -0.2) is 66.5 Å². The van der Waals surface area contributed by atoms with Crippen LogP contribution in [0.4, 0.5) is 0 Å². The minimum atomic E-state index is -2.49. The average Bonchev–Trinajstić information content (AvgIpc) is 2.10. The lowest BCUT2D eigenvalue weighted by atomic mass is 11.3. The van der Waals surface area contributed by atoms with Gasteiger partial charge in [0.1, 0.15) is 10.2 Å². The number of hydrogen-bond donors (Lipinski definition) is 0. The second-order valence-electron chi connectivity index (χ2n) is 12.0. The maximum absolute atomic E-state index is 6.61. The molecule has 0 rings (SSSR count). The molecule has 0 heterocycles. The molecule has 13 heteroatoms. The minimum Gasteiger partial charge on any atom is -0.436 e. The third-order valence-corrected chi connectivity index (χ3v) is 20.6. The maximum Gasteiger partial charge on any atom is 0.325 e. The summed E-state index contributed by atoms with van der Waals surface area (Å²) in [7, 11) is -12.3. The molecule has 0 aromatic carbocycles. The van der Waals surface area contributed by atoms with Crippen molar-refractivity contribution in [2.24, 2.45) is 0 Å². The molecular weight excluding hydrogens is 485 g/mol. The Bertz CT molecular complexity index is 461. The summed E-state index contributed by atoms with van der Waals surface area (Å²) in [5, 5.41) is 0. The molecule has 0 saturated carbocycles. The Morgan fingerprint density at radius 2 is 0.586 bits per heavy atom. The Hall–Kier alpha value is 1.28. The molecule has 0 fully saturated rings. The van der Waals surface area contributed by atoms with Crippen LogP contribution in [0.15, 0.2) is 0 Å². The molecule has 0 amide bonds. The predicted octanol–water partition coefficient (Wildman–Crippen LogP) is 4.67. The van der Waals surface area contributed by atoms with Crippen molar-refractivity contribution in [3.63, 3.8) is 0 Å². The zero-order valence-corrected chi connectivity index (χ0v) is 29.9. The lowest BCUT2D eigenvalue weighted by Gasteiger charge is -2.47. The van der Waals surface area contributed by atoms with E-state index in [9.17, 15) is 0 Å². The van der Waals surface area contributed by atoms with E-state index in [0.29, 0.717) is 10.2 Å². The van der Waals surface area contributed by atoms with Gasteiger partial charge in [0.25, 0.3) is 0 Å². The van der Waals surface area contributed by atoms with E-state index < -0.39 is 56.2 Å². The van der Waals surface area contributed by atoms with Gasteiger partial charge in [-0.25, -0.2) is 0 Å². The third kappa shape index (κ3) is 15.7. The van der Waals surface area contributed by atoms with Gasteiger partial charge in [-0.1, -0.05) is 0 Å². The van der Waals surface area contributed by atoms with Gasteiger partial charge in [-0.05, 0) is 98.2 Å². The molecule has 0 aliphatic heterocycles. The van der Waals surface area contributed by atoms with Gasteiger partial charge in [0, 0.05) is 0 Å². The van der Waals surface area contributed by atoms with Crippen LogP contribution in [-0.2, 0) is 25.6 Å². The molecule has 0 radical (unpaired) electrons. The lowest BCUT2D eigenvalue weighted by Crippen LogP contribution is -2.62. The molecule has 0 spiro atoms. The van der Waals surface area contributed by atoms with E-state index in [1.54, 1.807) is 0 Å². The highest BCUT2D eigenvalue weighted by Crippen LogP contribution is 2.31. The predicted molar refractivity (Wildman–Crippen MR) is 142 cm³/mol. The van der Waals surface area contributed by atoms with Crippen LogP contribution in [0.5, 0.6) is 0 Å². The Kier molecular flexibility index (Phi) is 10.1. The Labute approximate surface area is 189 Å². The van der Waals surface area contributed by atoms with E-state index in [1.807, 2.05) is 0 Å². The summed E-state index contributed by atoms with van der Waals surface area (Å²) < 4.78 is 39.1. The van der Waals surface area contributed by atoms with Gasteiger partial charge >= 0.3 is 25.7 Å². The highest BCUT2D eigenvalue weighted by atomic mass is 28.4. The number of rotatable bonds is 12. The summed E-state index contributed by atoms with van der Waals surface area (Å²) in [4.78, 5) is 0. The van der Waals surface area contributed by atoms with Gasteiger partial charge in [-0.15, -0.1) is 0 Å². The van der Waals surface area contributed by atoms with E-state index in [0.717, 1.165) is 0 Å². The van der Waals surface area contributed by atoms with Gasteiger partial charge in [0.15, 0.2) is 25.0 Å². The smallest absolute Gasteiger partial charge is 0.325 e. The van der Waals surface area contributed by atoms with Crippen molar-refractivity contribution < 1.29 is 25.6 Å². The SMILES string of the molecule is C[Si](C)(C)O[Si](C)(C)OC([SiH3])(O[Si](C)(C)O[Si](C)(C)C)O[Si](C)(C)O[Si](C)(C)C. The molecular formula is C16H48O6Si7.